The molecule has 0 spiro atoms. The molecule has 2 unspecified atom stereocenters. The van der Waals surface area contributed by atoms with E-state index in [1.54, 1.807) is 0 Å². The summed E-state index contributed by atoms with van der Waals surface area (Å²) in [5.74, 6) is 0.789. The Balaban J connectivity index is 1.92. The molecule has 0 aliphatic carbocycles. The average molecular weight is 254 g/mol. The van der Waals surface area contributed by atoms with Gasteiger partial charge in [0.15, 0.2) is 0 Å². The van der Waals surface area contributed by atoms with Crippen LogP contribution in [0.4, 0.5) is 0 Å². The fourth-order valence-corrected chi connectivity index (χ4v) is 3.38. The molecule has 0 aromatic heterocycles. The van der Waals surface area contributed by atoms with E-state index in [1.807, 2.05) is 4.90 Å². The Hall–Kier alpha value is -0.610. The van der Waals surface area contributed by atoms with Gasteiger partial charge in [-0.05, 0) is 52.6 Å². The van der Waals surface area contributed by atoms with Gasteiger partial charge in [-0.2, -0.15) is 0 Å². The Morgan fingerprint density at radius 1 is 1.33 bits per heavy atom. The predicted molar refractivity (Wildman–Crippen MR) is 71.3 cm³/mol. The zero-order chi connectivity index (χ0) is 13.3. The largest absolute Gasteiger partial charge is 0.393 e. The molecule has 4 nitrogen and oxygen atoms in total. The summed E-state index contributed by atoms with van der Waals surface area (Å²) in [7, 11) is 2.12. The predicted octanol–water partition coefficient (Wildman–Crippen LogP) is 1.09. The van der Waals surface area contributed by atoms with Crippen molar-refractivity contribution in [3.8, 4) is 0 Å². The number of aliphatic hydroxyl groups is 1. The molecule has 4 heteroatoms. The number of carbonyl (C=O) groups excluding carboxylic acids is 1. The van der Waals surface area contributed by atoms with Crippen LogP contribution in [0.15, 0.2) is 0 Å². The van der Waals surface area contributed by atoms with Crippen LogP contribution in [0, 0.1) is 5.92 Å². The standard InChI is InChI=1S/C14H26N2O2/c1-14(2)9-12(17)5-7-16(14)13(18)8-11-4-6-15(3)10-11/h11-12,17H,4-10H2,1-3H3. The van der Waals surface area contributed by atoms with Crippen molar-refractivity contribution in [3.05, 3.63) is 0 Å². The van der Waals surface area contributed by atoms with Gasteiger partial charge in [-0.3, -0.25) is 4.79 Å². The lowest BCUT2D eigenvalue weighted by atomic mass is 9.87. The number of hydrogen-bond acceptors (Lipinski definition) is 3. The minimum absolute atomic E-state index is 0.195. The number of piperidine rings is 1. The molecule has 0 bridgehead atoms. The van der Waals surface area contributed by atoms with Crippen LogP contribution in [-0.2, 0) is 4.79 Å². The van der Waals surface area contributed by atoms with E-state index < -0.39 is 0 Å². The van der Waals surface area contributed by atoms with Crippen LogP contribution >= 0.6 is 0 Å². The molecule has 0 saturated carbocycles. The molecule has 2 fully saturated rings. The van der Waals surface area contributed by atoms with Gasteiger partial charge in [-0.25, -0.2) is 0 Å². The fraction of sp³-hybridized carbons (Fsp3) is 0.929. The van der Waals surface area contributed by atoms with Crippen LogP contribution in [0.5, 0.6) is 0 Å². The number of carbonyl (C=O) groups is 1. The third kappa shape index (κ3) is 3.04. The van der Waals surface area contributed by atoms with Crippen LogP contribution < -0.4 is 0 Å². The first kappa shape index (κ1) is 13.8. The number of nitrogens with zero attached hydrogens (tertiary/aromatic N) is 2. The van der Waals surface area contributed by atoms with E-state index in [1.165, 1.54) is 0 Å². The maximum absolute atomic E-state index is 12.4. The molecule has 2 rings (SSSR count). The number of hydrogen-bond donors (Lipinski definition) is 1. The van der Waals surface area contributed by atoms with E-state index in [9.17, 15) is 9.90 Å². The fourth-order valence-electron chi connectivity index (χ4n) is 3.38. The van der Waals surface area contributed by atoms with Crippen LogP contribution in [0.2, 0.25) is 0 Å². The Bertz CT molecular complexity index is 317. The smallest absolute Gasteiger partial charge is 0.223 e. The summed E-state index contributed by atoms with van der Waals surface area (Å²) in [6, 6.07) is 0. The maximum Gasteiger partial charge on any atom is 0.223 e. The topological polar surface area (TPSA) is 43.8 Å². The van der Waals surface area contributed by atoms with Gasteiger partial charge in [0.05, 0.1) is 6.10 Å². The highest BCUT2D eigenvalue weighted by Crippen LogP contribution is 2.29. The van der Waals surface area contributed by atoms with Gasteiger partial charge < -0.3 is 14.9 Å². The van der Waals surface area contributed by atoms with Crippen molar-refractivity contribution < 1.29 is 9.90 Å². The zero-order valence-electron chi connectivity index (χ0n) is 11.9. The van der Waals surface area contributed by atoms with Gasteiger partial charge >= 0.3 is 0 Å². The highest BCUT2D eigenvalue weighted by atomic mass is 16.3. The van der Waals surface area contributed by atoms with Crippen molar-refractivity contribution >= 4 is 5.91 Å². The minimum Gasteiger partial charge on any atom is -0.393 e. The third-order valence-corrected chi connectivity index (χ3v) is 4.41. The quantitative estimate of drug-likeness (QED) is 0.802. The molecule has 2 aliphatic heterocycles. The summed E-state index contributed by atoms with van der Waals surface area (Å²) >= 11 is 0. The van der Waals surface area contributed by atoms with Crippen LogP contribution in [0.1, 0.15) is 39.5 Å². The molecule has 2 atom stereocenters. The van der Waals surface area contributed by atoms with Crippen LogP contribution in [0.25, 0.3) is 0 Å². The van der Waals surface area contributed by atoms with Crippen LogP contribution in [-0.4, -0.2) is 59.1 Å². The molecule has 0 aromatic carbocycles. The first-order valence-electron chi connectivity index (χ1n) is 7.05. The Kier molecular flexibility index (Phi) is 3.97. The molecule has 2 heterocycles. The first-order chi connectivity index (χ1) is 8.38. The van der Waals surface area contributed by atoms with E-state index in [4.69, 9.17) is 0 Å². The van der Waals surface area contributed by atoms with Crippen molar-refractivity contribution in [1.29, 1.82) is 0 Å². The first-order valence-corrected chi connectivity index (χ1v) is 7.05. The number of amides is 1. The van der Waals surface area contributed by atoms with Gasteiger partial charge in [0, 0.05) is 25.0 Å². The van der Waals surface area contributed by atoms with E-state index in [2.05, 4.69) is 25.8 Å². The highest BCUT2D eigenvalue weighted by Gasteiger charge is 2.37. The second-order valence-corrected chi connectivity index (χ2v) is 6.63. The summed E-state index contributed by atoms with van der Waals surface area (Å²) in [5.41, 5.74) is -0.195. The zero-order valence-corrected chi connectivity index (χ0v) is 11.9. The average Bonchev–Trinajstić information content (AvgIpc) is 2.61. The molecule has 2 aliphatic rings. The Morgan fingerprint density at radius 2 is 2.06 bits per heavy atom. The van der Waals surface area contributed by atoms with Gasteiger partial charge in [0.2, 0.25) is 5.91 Å². The lowest BCUT2D eigenvalue weighted by Gasteiger charge is -2.44. The SMILES string of the molecule is CN1CCC(CC(=O)N2CCC(O)CC2(C)C)C1. The monoisotopic (exact) mass is 254 g/mol. The molecule has 2 saturated heterocycles. The molecular weight excluding hydrogens is 228 g/mol. The summed E-state index contributed by atoms with van der Waals surface area (Å²) < 4.78 is 0. The van der Waals surface area contributed by atoms with Crippen molar-refractivity contribution in [2.45, 2.75) is 51.2 Å². The molecule has 0 radical (unpaired) electrons. The van der Waals surface area contributed by atoms with Crippen molar-refractivity contribution in [3.63, 3.8) is 0 Å². The van der Waals surface area contributed by atoms with Gasteiger partial charge in [-0.15, -0.1) is 0 Å². The van der Waals surface area contributed by atoms with Gasteiger partial charge in [-0.1, -0.05) is 0 Å². The molecular formula is C14H26N2O2. The third-order valence-electron chi connectivity index (χ3n) is 4.41. The maximum atomic E-state index is 12.4. The molecule has 1 amide bonds. The van der Waals surface area contributed by atoms with Gasteiger partial charge in [0.25, 0.3) is 0 Å². The summed E-state index contributed by atoms with van der Waals surface area (Å²) in [5, 5.41) is 9.72. The lowest BCUT2D eigenvalue weighted by molar-refractivity contribution is -0.142. The lowest BCUT2D eigenvalue weighted by Crippen LogP contribution is -2.54. The van der Waals surface area contributed by atoms with Crippen molar-refractivity contribution in [2.24, 2.45) is 5.92 Å². The molecule has 104 valence electrons. The second kappa shape index (κ2) is 5.17. The number of rotatable bonds is 2. The Labute approximate surface area is 110 Å². The normalized spacial score (nSPS) is 32.8. The minimum atomic E-state index is -0.248. The van der Waals surface area contributed by atoms with E-state index in [0.717, 1.165) is 25.9 Å². The second-order valence-electron chi connectivity index (χ2n) is 6.63. The molecule has 0 aromatic rings. The number of aliphatic hydroxyl groups excluding tert-OH is 1. The molecule has 1 N–H and O–H groups in total. The summed E-state index contributed by atoms with van der Waals surface area (Å²) in [6.07, 6.45) is 2.98. The highest BCUT2D eigenvalue weighted by molar-refractivity contribution is 5.77. The summed E-state index contributed by atoms with van der Waals surface area (Å²) in [6.45, 7) is 6.99. The van der Waals surface area contributed by atoms with Crippen LogP contribution in [0.3, 0.4) is 0 Å². The number of likely N-dealkylation sites (tertiary alicyclic amines) is 2. The molecule has 18 heavy (non-hydrogen) atoms. The van der Waals surface area contributed by atoms with E-state index in [-0.39, 0.29) is 17.6 Å². The summed E-state index contributed by atoms with van der Waals surface area (Å²) in [4.78, 5) is 16.7. The Morgan fingerprint density at radius 3 is 2.61 bits per heavy atom. The van der Waals surface area contributed by atoms with Crippen molar-refractivity contribution in [1.82, 2.24) is 9.80 Å². The van der Waals surface area contributed by atoms with E-state index in [0.29, 0.717) is 25.3 Å². The van der Waals surface area contributed by atoms with Gasteiger partial charge in [0.1, 0.15) is 0 Å². The van der Waals surface area contributed by atoms with Crippen molar-refractivity contribution in [2.75, 3.05) is 26.7 Å². The van der Waals surface area contributed by atoms with E-state index >= 15 is 0 Å².